The van der Waals surface area contributed by atoms with Crippen molar-refractivity contribution >= 4 is 0 Å². The van der Waals surface area contributed by atoms with Crippen molar-refractivity contribution in [2.45, 2.75) is 12.6 Å². The monoisotopic (exact) mass is 252 g/mol. The molecule has 0 aromatic heterocycles. The van der Waals surface area contributed by atoms with Crippen LogP contribution < -0.4 is 10.1 Å². The molecule has 3 nitrogen and oxygen atoms in total. The molecule has 0 saturated carbocycles. The number of benzene rings is 2. The summed E-state index contributed by atoms with van der Waals surface area (Å²) in [6.45, 7) is 0.650. The van der Waals surface area contributed by atoms with E-state index < -0.39 is 0 Å². The lowest BCUT2D eigenvalue weighted by Gasteiger charge is -2.12. The summed E-state index contributed by atoms with van der Waals surface area (Å²) in [4.78, 5) is 0. The van der Waals surface area contributed by atoms with Gasteiger partial charge in [0.25, 0.3) is 0 Å². The summed E-state index contributed by atoms with van der Waals surface area (Å²) >= 11 is 0. The van der Waals surface area contributed by atoms with E-state index in [0.717, 1.165) is 16.9 Å². The van der Waals surface area contributed by atoms with Crippen molar-refractivity contribution in [3.63, 3.8) is 0 Å². The van der Waals surface area contributed by atoms with Crippen molar-refractivity contribution in [3.8, 4) is 11.8 Å². The Labute approximate surface area is 113 Å². The first-order valence-corrected chi connectivity index (χ1v) is 6.14. The summed E-state index contributed by atoms with van der Waals surface area (Å²) < 4.78 is 5.11. The fraction of sp³-hybridized carbons (Fsp3) is 0.188. The minimum Gasteiger partial charge on any atom is -0.497 e. The molecular formula is C16H16N2O. The van der Waals surface area contributed by atoms with E-state index >= 15 is 0 Å². The molecule has 0 aliphatic carbocycles. The van der Waals surface area contributed by atoms with Gasteiger partial charge in [0.15, 0.2) is 0 Å². The molecule has 2 aromatic carbocycles. The second-order valence-electron chi connectivity index (χ2n) is 4.20. The Hall–Kier alpha value is -2.31. The maximum absolute atomic E-state index is 9.21. The van der Waals surface area contributed by atoms with E-state index in [9.17, 15) is 5.26 Å². The number of ether oxygens (including phenoxy) is 1. The van der Waals surface area contributed by atoms with Gasteiger partial charge in [-0.1, -0.05) is 42.5 Å². The van der Waals surface area contributed by atoms with Crippen LogP contribution in [0.3, 0.4) is 0 Å². The van der Waals surface area contributed by atoms with Gasteiger partial charge in [-0.2, -0.15) is 5.26 Å². The van der Waals surface area contributed by atoms with E-state index in [4.69, 9.17) is 4.74 Å². The van der Waals surface area contributed by atoms with Crippen molar-refractivity contribution in [1.82, 2.24) is 5.32 Å². The van der Waals surface area contributed by atoms with Crippen LogP contribution in [0, 0.1) is 11.3 Å². The molecule has 0 radical (unpaired) electrons. The Kier molecular flexibility index (Phi) is 4.54. The average Bonchev–Trinajstić information content (AvgIpc) is 2.49. The van der Waals surface area contributed by atoms with Crippen molar-refractivity contribution in [2.24, 2.45) is 0 Å². The zero-order chi connectivity index (χ0) is 13.5. The highest BCUT2D eigenvalue weighted by Gasteiger charge is 2.08. The summed E-state index contributed by atoms with van der Waals surface area (Å²) in [5, 5.41) is 12.4. The molecule has 0 heterocycles. The van der Waals surface area contributed by atoms with Crippen LogP contribution in [0.4, 0.5) is 0 Å². The summed E-state index contributed by atoms with van der Waals surface area (Å²) in [5.41, 5.74) is 2.11. The first-order valence-electron chi connectivity index (χ1n) is 6.14. The molecule has 96 valence electrons. The maximum atomic E-state index is 9.21. The summed E-state index contributed by atoms with van der Waals surface area (Å²) in [6.07, 6.45) is 0. The smallest absolute Gasteiger partial charge is 0.121 e. The van der Waals surface area contributed by atoms with Crippen molar-refractivity contribution in [2.75, 3.05) is 7.11 Å². The average molecular weight is 252 g/mol. The molecule has 0 unspecified atom stereocenters. The Morgan fingerprint density at radius 1 is 1.11 bits per heavy atom. The number of methoxy groups -OCH3 is 1. The minimum absolute atomic E-state index is 0.289. The quantitative estimate of drug-likeness (QED) is 0.889. The lowest BCUT2D eigenvalue weighted by atomic mass is 10.1. The van der Waals surface area contributed by atoms with E-state index in [1.807, 2.05) is 54.6 Å². The van der Waals surface area contributed by atoms with Crippen LogP contribution in [-0.4, -0.2) is 7.11 Å². The fourth-order valence-electron chi connectivity index (χ4n) is 1.85. The summed E-state index contributed by atoms with van der Waals surface area (Å²) in [5.74, 6) is 0.837. The van der Waals surface area contributed by atoms with Crippen LogP contribution in [0.15, 0.2) is 54.6 Å². The molecule has 3 heteroatoms. The summed E-state index contributed by atoms with van der Waals surface area (Å²) in [7, 11) is 1.65. The van der Waals surface area contributed by atoms with E-state index in [2.05, 4.69) is 11.4 Å². The van der Waals surface area contributed by atoms with Gasteiger partial charge in [0.2, 0.25) is 0 Å². The standard InChI is InChI=1S/C16H16N2O/c1-19-15-9-7-13(8-10-15)12-18-16(11-17)14-5-3-2-4-6-14/h2-10,16,18H,12H2,1H3/t16-/m1/s1. The van der Waals surface area contributed by atoms with E-state index in [-0.39, 0.29) is 6.04 Å². The predicted octanol–water partition coefficient (Wildman–Crippen LogP) is 3.05. The van der Waals surface area contributed by atoms with Crippen LogP contribution in [0.5, 0.6) is 5.75 Å². The molecule has 0 spiro atoms. The predicted molar refractivity (Wildman–Crippen MR) is 74.6 cm³/mol. The Morgan fingerprint density at radius 2 is 1.79 bits per heavy atom. The number of nitrogens with zero attached hydrogens (tertiary/aromatic N) is 1. The van der Waals surface area contributed by atoms with Crippen LogP contribution in [0.2, 0.25) is 0 Å². The number of rotatable bonds is 5. The lowest BCUT2D eigenvalue weighted by molar-refractivity contribution is 0.414. The molecule has 0 amide bonds. The van der Waals surface area contributed by atoms with Gasteiger partial charge in [-0.3, -0.25) is 5.32 Å². The molecule has 0 aliphatic heterocycles. The van der Waals surface area contributed by atoms with Crippen LogP contribution in [-0.2, 0) is 6.54 Å². The largest absolute Gasteiger partial charge is 0.497 e. The van der Waals surface area contributed by atoms with Crippen LogP contribution in [0.25, 0.3) is 0 Å². The SMILES string of the molecule is COc1ccc(CN[C@H](C#N)c2ccccc2)cc1. The highest BCUT2D eigenvalue weighted by atomic mass is 16.5. The topological polar surface area (TPSA) is 45.0 Å². The van der Waals surface area contributed by atoms with Crippen molar-refractivity contribution in [1.29, 1.82) is 5.26 Å². The molecule has 2 aromatic rings. The minimum atomic E-state index is -0.289. The maximum Gasteiger partial charge on any atom is 0.121 e. The van der Waals surface area contributed by atoms with Gasteiger partial charge in [0.1, 0.15) is 11.8 Å². The molecule has 0 saturated heterocycles. The van der Waals surface area contributed by atoms with Gasteiger partial charge in [0, 0.05) is 6.54 Å². The molecule has 0 fully saturated rings. The molecule has 1 atom stereocenters. The van der Waals surface area contributed by atoms with Gasteiger partial charge >= 0.3 is 0 Å². The molecule has 19 heavy (non-hydrogen) atoms. The number of nitrogens with one attached hydrogen (secondary N) is 1. The van der Waals surface area contributed by atoms with Gasteiger partial charge in [0.05, 0.1) is 13.2 Å². The van der Waals surface area contributed by atoms with E-state index in [0.29, 0.717) is 6.54 Å². The number of nitriles is 1. The third kappa shape index (κ3) is 3.57. The fourth-order valence-corrected chi connectivity index (χ4v) is 1.85. The normalized spacial score (nSPS) is 11.6. The van der Waals surface area contributed by atoms with Gasteiger partial charge in [-0.25, -0.2) is 0 Å². The van der Waals surface area contributed by atoms with Crippen LogP contribution >= 0.6 is 0 Å². The zero-order valence-electron chi connectivity index (χ0n) is 10.8. The summed E-state index contributed by atoms with van der Waals surface area (Å²) in [6, 6.07) is 19.5. The molecule has 0 aliphatic rings. The Balaban J connectivity index is 1.98. The zero-order valence-corrected chi connectivity index (χ0v) is 10.8. The third-order valence-corrected chi connectivity index (χ3v) is 2.93. The van der Waals surface area contributed by atoms with E-state index in [1.165, 1.54) is 0 Å². The molecule has 2 rings (SSSR count). The van der Waals surface area contributed by atoms with Crippen molar-refractivity contribution in [3.05, 3.63) is 65.7 Å². The second-order valence-corrected chi connectivity index (χ2v) is 4.20. The highest BCUT2D eigenvalue weighted by Crippen LogP contribution is 2.14. The van der Waals surface area contributed by atoms with E-state index in [1.54, 1.807) is 7.11 Å². The number of hydrogen-bond donors (Lipinski definition) is 1. The van der Waals surface area contributed by atoms with Gasteiger partial charge in [-0.05, 0) is 23.3 Å². The molecular weight excluding hydrogens is 236 g/mol. The Morgan fingerprint density at radius 3 is 2.37 bits per heavy atom. The molecule has 1 N–H and O–H groups in total. The lowest BCUT2D eigenvalue weighted by Crippen LogP contribution is -2.19. The third-order valence-electron chi connectivity index (χ3n) is 2.93. The Bertz CT molecular complexity index is 543. The number of hydrogen-bond acceptors (Lipinski definition) is 3. The van der Waals surface area contributed by atoms with Crippen molar-refractivity contribution < 1.29 is 4.74 Å². The first kappa shape index (κ1) is 13.1. The van der Waals surface area contributed by atoms with Gasteiger partial charge in [-0.15, -0.1) is 0 Å². The highest BCUT2D eigenvalue weighted by molar-refractivity contribution is 5.28. The van der Waals surface area contributed by atoms with Gasteiger partial charge < -0.3 is 4.74 Å². The van der Waals surface area contributed by atoms with Crippen LogP contribution in [0.1, 0.15) is 17.2 Å². The molecule has 0 bridgehead atoms. The first-order chi connectivity index (χ1) is 9.33. The second kappa shape index (κ2) is 6.58.